The van der Waals surface area contributed by atoms with Gasteiger partial charge < -0.3 is 5.32 Å². The van der Waals surface area contributed by atoms with Crippen LogP contribution in [0.3, 0.4) is 0 Å². The number of halogens is 1. The van der Waals surface area contributed by atoms with Crippen LogP contribution in [0.2, 0.25) is 5.02 Å². The molecule has 2 nitrogen and oxygen atoms in total. The topological polar surface area (TPSA) is 24.9 Å². The monoisotopic (exact) mass is 288 g/mol. The Hall–Kier alpha value is -1.38. The van der Waals surface area contributed by atoms with Gasteiger partial charge in [0.2, 0.25) is 0 Å². The predicted molar refractivity (Wildman–Crippen MR) is 86.1 cm³/mol. The van der Waals surface area contributed by atoms with Crippen LogP contribution >= 0.6 is 11.6 Å². The molecule has 0 radical (unpaired) electrons. The average Bonchev–Trinajstić information content (AvgIpc) is 2.41. The molecule has 0 unspecified atom stereocenters. The first kappa shape index (κ1) is 15.0. The lowest BCUT2D eigenvalue weighted by Gasteiger charge is -2.11. The van der Waals surface area contributed by atoms with Crippen LogP contribution in [0.25, 0.3) is 11.1 Å². The van der Waals surface area contributed by atoms with Crippen molar-refractivity contribution in [3.05, 3.63) is 52.3 Å². The Morgan fingerprint density at radius 3 is 2.55 bits per heavy atom. The molecule has 1 aromatic heterocycles. The highest BCUT2D eigenvalue weighted by Gasteiger charge is 2.07. The van der Waals surface area contributed by atoms with Gasteiger partial charge in [0.1, 0.15) is 0 Å². The van der Waals surface area contributed by atoms with Crippen molar-refractivity contribution in [1.82, 2.24) is 10.3 Å². The van der Waals surface area contributed by atoms with Crippen LogP contribution < -0.4 is 5.32 Å². The molecule has 3 heteroatoms. The quantitative estimate of drug-likeness (QED) is 0.895. The molecule has 0 bridgehead atoms. The van der Waals surface area contributed by atoms with Gasteiger partial charge in [-0.1, -0.05) is 25.4 Å². The van der Waals surface area contributed by atoms with Crippen LogP contribution in [0.15, 0.2) is 30.6 Å². The second kappa shape index (κ2) is 6.38. The van der Waals surface area contributed by atoms with E-state index in [1.807, 2.05) is 25.4 Å². The van der Waals surface area contributed by atoms with Gasteiger partial charge in [0.15, 0.2) is 0 Å². The fraction of sp³-hybridized carbons (Fsp3) is 0.353. The normalized spacial score (nSPS) is 11.1. The lowest BCUT2D eigenvalue weighted by molar-refractivity contribution is 0.588. The third-order valence-corrected chi connectivity index (χ3v) is 3.73. The van der Waals surface area contributed by atoms with E-state index in [9.17, 15) is 0 Å². The van der Waals surface area contributed by atoms with Gasteiger partial charge >= 0.3 is 0 Å². The largest absolute Gasteiger partial charge is 0.310 e. The Bertz CT molecular complexity index is 606. The molecule has 1 N–H and O–H groups in total. The molecule has 0 saturated heterocycles. The van der Waals surface area contributed by atoms with E-state index in [0.717, 1.165) is 22.7 Å². The number of benzene rings is 1. The third kappa shape index (κ3) is 3.59. The average molecular weight is 289 g/mol. The van der Waals surface area contributed by atoms with E-state index >= 15 is 0 Å². The van der Waals surface area contributed by atoms with Gasteiger partial charge in [0.25, 0.3) is 0 Å². The van der Waals surface area contributed by atoms with Crippen LogP contribution in [0.5, 0.6) is 0 Å². The summed E-state index contributed by atoms with van der Waals surface area (Å²) in [4.78, 5) is 4.36. The van der Waals surface area contributed by atoms with Crippen molar-refractivity contribution in [1.29, 1.82) is 0 Å². The van der Waals surface area contributed by atoms with Crippen molar-refractivity contribution < 1.29 is 0 Å². The fourth-order valence-electron chi connectivity index (χ4n) is 2.15. The lowest BCUT2D eigenvalue weighted by atomic mass is 9.99. The number of hydrogen-bond acceptors (Lipinski definition) is 2. The van der Waals surface area contributed by atoms with Gasteiger partial charge in [-0.05, 0) is 54.3 Å². The second-order valence-electron chi connectivity index (χ2n) is 5.53. The maximum absolute atomic E-state index is 6.16. The Labute approximate surface area is 126 Å². The van der Waals surface area contributed by atoms with Crippen LogP contribution in [0.1, 0.15) is 30.5 Å². The standard InChI is InChI=1S/C17H21ClN2/c1-11(2)20-9-14-7-15(10-19-8-14)16-5-13(4)17(18)6-12(16)3/h5-8,10-11,20H,9H2,1-4H3. The molecule has 20 heavy (non-hydrogen) atoms. The van der Waals surface area contributed by atoms with Crippen molar-refractivity contribution in [2.24, 2.45) is 0 Å². The molecule has 2 aromatic rings. The Kier molecular flexibility index (Phi) is 4.79. The van der Waals surface area contributed by atoms with E-state index in [-0.39, 0.29) is 0 Å². The Morgan fingerprint density at radius 2 is 1.85 bits per heavy atom. The van der Waals surface area contributed by atoms with Gasteiger partial charge in [-0.25, -0.2) is 0 Å². The van der Waals surface area contributed by atoms with Crippen LogP contribution in [0.4, 0.5) is 0 Å². The Morgan fingerprint density at radius 1 is 1.10 bits per heavy atom. The van der Waals surface area contributed by atoms with Crippen LogP contribution in [0, 0.1) is 13.8 Å². The van der Waals surface area contributed by atoms with Crippen LogP contribution in [-0.4, -0.2) is 11.0 Å². The zero-order valence-electron chi connectivity index (χ0n) is 12.5. The molecule has 0 spiro atoms. The molecule has 1 heterocycles. The summed E-state index contributed by atoms with van der Waals surface area (Å²) in [5.41, 5.74) is 5.81. The van der Waals surface area contributed by atoms with E-state index in [1.54, 1.807) is 0 Å². The van der Waals surface area contributed by atoms with E-state index < -0.39 is 0 Å². The summed E-state index contributed by atoms with van der Waals surface area (Å²) in [6.45, 7) is 9.24. The van der Waals surface area contributed by atoms with Gasteiger partial charge in [-0.15, -0.1) is 0 Å². The van der Waals surface area contributed by atoms with E-state index in [4.69, 9.17) is 11.6 Å². The van der Waals surface area contributed by atoms with Crippen LogP contribution in [-0.2, 0) is 6.54 Å². The number of hydrogen-bond donors (Lipinski definition) is 1. The van der Waals surface area contributed by atoms with E-state index in [1.165, 1.54) is 16.7 Å². The van der Waals surface area contributed by atoms with E-state index in [0.29, 0.717) is 6.04 Å². The summed E-state index contributed by atoms with van der Waals surface area (Å²) in [6.07, 6.45) is 3.82. The highest BCUT2D eigenvalue weighted by molar-refractivity contribution is 6.31. The number of nitrogens with one attached hydrogen (secondary N) is 1. The summed E-state index contributed by atoms with van der Waals surface area (Å²) in [5.74, 6) is 0. The maximum atomic E-state index is 6.16. The molecular formula is C17H21ClN2. The maximum Gasteiger partial charge on any atom is 0.0438 e. The third-order valence-electron chi connectivity index (χ3n) is 3.33. The highest BCUT2D eigenvalue weighted by Crippen LogP contribution is 2.28. The molecule has 0 amide bonds. The number of rotatable bonds is 4. The molecule has 0 atom stereocenters. The molecule has 0 aliphatic carbocycles. The minimum Gasteiger partial charge on any atom is -0.310 e. The molecule has 1 aromatic carbocycles. The second-order valence-corrected chi connectivity index (χ2v) is 5.94. The summed E-state index contributed by atoms with van der Waals surface area (Å²) >= 11 is 6.16. The van der Waals surface area contributed by atoms with Crippen molar-refractivity contribution in [3.8, 4) is 11.1 Å². The van der Waals surface area contributed by atoms with Crippen molar-refractivity contribution in [2.45, 2.75) is 40.3 Å². The van der Waals surface area contributed by atoms with Gasteiger partial charge in [0, 0.05) is 35.6 Å². The zero-order chi connectivity index (χ0) is 14.7. The highest BCUT2D eigenvalue weighted by atomic mass is 35.5. The predicted octanol–water partition coefficient (Wildman–Crippen LogP) is 4.52. The van der Waals surface area contributed by atoms with Gasteiger partial charge in [0.05, 0.1) is 0 Å². The molecule has 2 rings (SSSR count). The number of aromatic nitrogens is 1. The zero-order valence-corrected chi connectivity index (χ0v) is 13.3. The summed E-state index contributed by atoms with van der Waals surface area (Å²) in [6, 6.07) is 6.82. The molecule has 106 valence electrons. The lowest BCUT2D eigenvalue weighted by Crippen LogP contribution is -2.21. The molecule has 0 saturated carbocycles. The van der Waals surface area contributed by atoms with E-state index in [2.05, 4.69) is 43.2 Å². The number of nitrogens with zero attached hydrogens (tertiary/aromatic N) is 1. The molecule has 0 aliphatic heterocycles. The van der Waals surface area contributed by atoms with Crippen molar-refractivity contribution in [2.75, 3.05) is 0 Å². The molecule has 0 aliphatic rings. The molecular weight excluding hydrogens is 268 g/mol. The fourth-order valence-corrected chi connectivity index (χ4v) is 2.36. The number of aryl methyl sites for hydroxylation is 2. The van der Waals surface area contributed by atoms with Gasteiger partial charge in [-0.2, -0.15) is 0 Å². The first-order chi connectivity index (χ1) is 9.47. The van der Waals surface area contributed by atoms with Crippen molar-refractivity contribution >= 4 is 11.6 Å². The first-order valence-electron chi connectivity index (χ1n) is 6.92. The molecule has 0 fully saturated rings. The minimum absolute atomic E-state index is 0.471. The summed E-state index contributed by atoms with van der Waals surface area (Å²) in [5, 5.41) is 4.23. The summed E-state index contributed by atoms with van der Waals surface area (Å²) in [7, 11) is 0. The summed E-state index contributed by atoms with van der Waals surface area (Å²) < 4.78 is 0. The minimum atomic E-state index is 0.471. The number of pyridine rings is 1. The first-order valence-corrected chi connectivity index (χ1v) is 7.29. The SMILES string of the molecule is Cc1cc(-c2cncc(CNC(C)C)c2)c(C)cc1Cl. The van der Waals surface area contributed by atoms with Crippen molar-refractivity contribution in [3.63, 3.8) is 0 Å². The van der Waals surface area contributed by atoms with Gasteiger partial charge in [-0.3, -0.25) is 4.98 Å². The smallest absolute Gasteiger partial charge is 0.0438 e. The Balaban J connectivity index is 2.33.